The highest BCUT2D eigenvalue weighted by Crippen LogP contribution is 2.21. The van der Waals surface area contributed by atoms with Gasteiger partial charge in [-0.1, -0.05) is 0 Å². The van der Waals surface area contributed by atoms with E-state index in [-0.39, 0.29) is 5.92 Å². The molecule has 0 spiro atoms. The van der Waals surface area contributed by atoms with Gasteiger partial charge in [-0.25, -0.2) is 8.42 Å². The molecule has 5 heteroatoms. The number of nitrogen functional groups attached to an aromatic ring is 1. The fourth-order valence-electron chi connectivity index (χ4n) is 2.21. The molecule has 0 bridgehead atoms. The van der Waals surface area contributed by atoms with Crippen LogP contribution in [0.3, 0.4) is 0 Å². The molecule has 17 heavy (non-hydrogen) atoms. The summed E-state index contributed by atoms with van der Waals surface area (Å²) in [6.45, 7) is 2.68. The molecule has 94 valence electrons. The number of hydrogen-bond acceptors (Lipinski definition) is 4. The van der Waals surface area contributed by atoms with Gasteiger partial charge in [-0.2, -0.15) is 0 Å². The lowest BCUT2D eigenvalue weighted by molar-refractivity contribution is 0.596. The molecule has 1 aromatic rings. The Bertz CT molecular complexity index is 491. The summed E-state index contributed by atoms with van der Waals surface area (Å²) < 4.78 is 22.6. The normalized spacial score (nSPS) is 22.5. The van der Waals surface area contributed by atoms with Crippen LogP contribution in [-0.2, 0) is 9.84 Å². The molecule has 0 radical (unpaired) electrons. The second-order valence-electron chi connectivity index (χ2n) is 4.78. The molecule has 2 rings (SSSR count). The third-order valence-corrected chi connectivity index (χ3v) is 4.86. The van der Waals surface area contributed by atoms with Gasteiger partial charge in [-0.05, 0) is 43.0 Å². The standard InChI is InChI=1S/C12H18N2O2S/c1-9-4-11(13)6-12(5-9)14-7-10-2-3-17(15,16)8-10/h4-6,10,14H,2-3,7-8,13H2,1H3. The average molecular weight is 254 g/mol. The van der Waals surface area contributed by atoms with Crippen molar-refractivity contribution in [1.29, 1.82) is 0 Å². The van der Waals surface area contributed by atoms with E-state index in [1.165, 1.54) is 0 Å². The number of aryl methyl sites for hydroxylation is 1. The second kappa shape index (κ2) is 4.56. The van der Waals surface area contributed by atoms with E-state index in [4.69, 9.17) is 5.73 Å². The molecule has 0 saturated carbocycles. The van der Waals surface area contributed by atoms with Crippen molar-refractivity contribution in [3.8, 4) is 0 Å². The first-order chi connectivity index (χ1) is 7.94. The lowest BCUT2D eigenvalue weighted by atomic mass is 10.1. The molecule has 1 aliphatic heterocycles. The quantitative estimate of drug-likeness (QED) is 0.800. The topological polar surface area (TPSA) is 72.2 Å². The molecular weight excluding hydrogens is 236 g/mol. The van der Waals surface area contributed by atoms with Crippen LogP contribution in [0.1, 0.15) is 12.0 Å². The molecule has 0 aliphatic carbocycles. The van der Waals surface area contributed by atoms with Crippen LogP contribution in [0, 0.1) is 12.8 Å². The minimum absolute atomic E-state index is 0.224. The number of nitrogens with two attached hydrogens (primary N) is 1. The highest BCUT2D eigenvalue weighted by atomic mass is 32.2. The van der Waals surface area contributed by atoms with Gasteiger partial charge < -0.3 is 11.1 Å². The predicted octanol–water partition coefficient (Wildman–Crippen LogP) is 1.42. The fourth-order valence-corrected chi connectivity index (χ4v) is 4.07. The largest absolute Gasteiger partial charge is 0.399 e. The minimum atomic E-state index is -2.78. The first kappa shape index (κ1) is 12.2. The van der Waals surface area contributed by atoms with Crippen molar-refractivity contribution in [2.45, 2.75) is 13.3 Å². The number of rotatable bonds is 3. The van der Waals surface area contributed by atoms with Crippen LogP contribution in [0.5, 0.6) is 0 Å². The van der Waals surface area contributed by atoms with E-state index in [1.54, 1.807) is 0 Å². The number of nitrogens with one attached hydrogen (secondary N) is 1. The molecule has 1 aliphatic rings. The van der Waals surface area contributed by atoms with Gasteiger partial charge in [0.05, 0.1) is 11.5 Å². The molecule has 3 N–H and O–H groups in total. The van der Waals surface area contributed by atoms with Crippen LogP contribution >= 0.6 is 0 Å². The van der Waals surface area contributed by atoms with Gasteiger partial charge >= 0.3 is 0 Å². The molecular formula is C12H18N2O2S. The Morgan fingerprint density at radius 3 is 2.76 bits per heavy atom. The van der Waals surface area contributed by atoms with Gasteiger partial charge in [-0.3, -0.25) is 0 Å². The first-order valence-corrected chi connectivity index (χ1v) is 7.58. The third-order valence-electron chi connectivity index (χ3n) is 3.02. The fraction of sp³-hybridized carbons (Fsp3) is 0.500. The van der Waals surface area contributed by atoms with Gasteiger partial charge in [0.2, 0.25) is 0 Å². The molecule has 1 unspecified atom stereocenters. The van der Waals surface area contributed by atoms with Crippen molar-refractivity contribution < 1.29 is 8.42 Å². The van der Waals surface area contributed by atoms with Crippen LogP contribution in [0.4, 0.5) is 11.4 Å². The third kappa shape index (κ3) is 3.36. The van der Waals surface area contributed by atoms with Gasteiger partial charge in [0.1, 0.15) is 0 Å². The van der Waals surface area contributed by atoms with Crippen LogP contribution in [0.15, 0.2) is 18.2 Å². The Hall–Kier alpha value is -1.23. The van der Waals surface area contributed by atoms with Crippen molar-refractivity contribution in [1.82, 2.24) is 0 Å². The van der Waals surface area contributed by atoms with Gasteiger partial charge in [0, 0.05) is 17.9 Å². The summed E-state index contributed by atoms with van der Waals surface area (Å²) >= 11 is 0. The van der Waals surface area contributed by atoms with Crippen LogP contribution in [-0.4, -0.2) is 26.5 Å². The Balaban J connectivity index is 1.94. The summed E-state index contributed by atoms with van der Waals surface area (Å²) in [5.74, 6) is 0.859. The average Bonchev–Trinajstić information content (AvgIpc) is 2.54. The highest BCUT2D eigenvalue weighted by Gasteiger charge is 2.27. The van der Waals surface area contributed by atoms with E-state index < -0.39 is 9.84 Å². The molecule has 0 amide bonds. The van der Waals surface area contributed by atoms with Crippen molar-refractivity contribution in [3.05, 3.63) is 23.8 Å². The Morgan fingerprint density at radius 1 is 1.41 bits per heavy atom. The van der Waals surface area contributed by atoms with Crippen molar-refractivity contribution >= 4 is 21.2 Å². The summed E-state index contributed by atoms with van der Waals surface area (Å²) in [4.78, 5) is 0. The maximum Gasteiger partial charge on any atom is 0.150 e. The van der Waals surface area contributed by atoms with Crippen LogP contribution in [0.2, 0.25) is 0 Å². The monoisotopic (exact) mass is 254 g/mol. The summed E-state index contributed by atoms with van der Waals surface area (Å²) in [5, 5.41) is 3.26. The smallest absolute Gasteiger partial charge is 0.150 e. The summed E-state index contributed by atoms with van der Waals surface area (Å²) in [5.41, 5.74) is 8.55. The van der Waals surface area contributed by atoms with E-state index in [2.05, 4.69) is 5.32 Å². The number of benzene rings is 1. The Kier molecular flexibility index (Phi) is 3.28. The number of hydrogen-bond donors (Lipinski definition) is 2. The summed E-state index contributed by atoms with van der Waals surface area (Å²) in [7, 11) is -2.78. The minimum Gasteiger partial charge on any atom is -0.399 e. The van der Waals surface area contributed by atoms with E-state index >= 15 is 0 Å². The lowest BCUT2D eigenvalue weighted by Gasteiger charge is -2.12. The van der Waals surface area contributed by atoms with Crippen molar-refractivity contribution in [2.24, 2.45) is 5.92 Å². The molecule has 1 atom stereocenters. The van der Waals surface area contributed by atoms with Crippen LogP contribution < -0.4 is 11.1 Å². The van der Waals surface area contributed by atoms with E-state index in [9.17, 15) is 8.42 Å². The first-order valence-electron chi connectivity index (χ1n) is 5.76. The zero-order chi connectivity index (χ0) is 12.5. The SMILES string of the molecule is Cc1cc(N)cc(NCC2CCS(=O)(=O)C2)c1. The zero-order valence-corrected chi connectivity index (χ0v) is 10.8. The number of sulfone groups is 1. The lowest BCUT2D eigenvalue weighted by Crippen LogP contribution is -2.15. The zero-order valence-electron chi connectivity index (χ0n) is 9.94. The van der Waals surface area contributed by atoms with Crippen LogP contribution in [0.25, 0.3) is 0 Å². The second-order valence-corrected chi connectivity index (χ2v) is 7.01. The Morgan fingerprint density at radius 2 is 2.18 bits per heavy atom. The van der Waals surface area contributed by atoms with E-state index in [0.717, 1.165) is 23.4 Å². The van der Waals surface area contributed by atoms with Crippen molar-refractivity contribution in [2.75, 3.05) is 29.1 Å². The molecule has 0 aromatic heterocycles. The highest BCUT2D eigenvalue weighted by molar-refractivity contribution is 7.91. The molecule has 1 saturated heterocycles. The maximum absolute atomic E-state index is 11.3. The maximum atomic E-state index is 11.3. The molecule has 4 nitrogen and oxygen atoms in total. The van der Waals surface area contributed by atoms with Gasteiger partial charge in [0.25, 0.3) is 0 Å². The Labute approximate surface area is 102 Å². The summed E-state index contributed by atoms with van der Waals surface area (Å²) in [6.07, 6.45) is 0.761. The van der Waals surface area contributed by atoms with Gasteiger partial charge in [-0.15, -0.1) is 0 Å². The van der Waals surface area contributed by atoms with E-state index in [0.29, 0.717) is 18.1 Å². The van der Waals surface area contributed by atoms with Gasteiger partial charge in [0.15, 0.2) is 9.84 Å². The van der Waals surface area contributed by atoms with Crippen molar-refractivity contribution in [3.63, 3.8) is 0 Å². The summed E-state index contributed by atoms with van der Waals surface area (Å²) in [6, 6.07) is 5.79. The predicted molar refractivity (Wildman–Crippen MR) is 70.8 cm³/mol. The molecule has 1 fully saturated rings. The number of anilines is 2. The van der Waals surface area contributed by atoms with E-state index in [1.807, 2.05) is 25.1 Å². The molecule has 1 heterocycles. The molecule has 1 aromatic carbocycles.